The summed E-state index contributed by atoms with van der Waals surface area (Å²) in [6.45, 7) is 1.39. The molecular formula is C19H16FN5O3S. The zero-order valence-electron chi connectivity index (χ0n) is 15.2. The molecule has 0 spiro atoms. The van der Waals surface area contributed by atoms with Gasteiger partial charge in [0.2, 0.25) is 5.91 Å². The quantitative estimate of drug-likeness (QED) is 0.504. The second-order valence-corrected chi connectivity index (χ2v) is 6.70. The molecular weight excluding hydrogens is 397 g/mol. The van der Waals surface area contributed by atoms with E-state index in [0.29, 0.717) is 17.1 Å². The molecule has 10 heteroatoms. The molecule has 29 heavy (non-hydrogen) atoms. The van der Waals surface area contributed by atoms with Crippen LogP contribution in [-0.2, 0) is 4.79 Å². The number of hydrogen-bond donors (Lipinski definition) is 4. The molecule has 0 fully saturated rings. The Labute approximate surface area is 169 Å². The fourth-order valence-electron chi connectivity index (χ4n) is 2.30. The largest absolute Gasteiger partial charge is 0.326 e. The molecule has 148 valence electrons. The zero-order chi connectivity index (χ0) is 20.8. The summed E-state index contributed by atoms with van der Waals surface area (Å²) in [5, 5.41) is 12.1. The first-order chi connectivity index (χ1) is 13.9. The highest BCUT2D eigenvalue weighted by Crippen LogP contribution is 2.19. The topological polar surface area (TPSA) is 112 Å². The Morgan fingerprint density at radius 2 is 1.59 bits per heavy atom. The van der Waals surface area contributed by atoms with Crippen LogP contribution in [0.5, 0.6) is 0 Å². The van der Waals surface area contributed by atoms with Gasteiger partial charge in [0, 0.05) is 29.4 Å². The predicted molar refractivity (Wildman–Crippen MR) is 110 cm³/mol. The van der Waals surface area contributed by atoms with Gasteiger partial charge in [-0.05, 0) is 42.5 Å². The summed E-state index contributed by atoms with van der Waals surface area (Å²) in [5.74, 6) is -1.09. The van der Waals surface area contributed by atoms with Gasteiger partial charge in [-0.25, -0.2) is 14.2 Å². The van der Waals surface area contributed by atoms with Crippen LogP contribution in [-0.4, -0.2) is 22.8 Å². The SMILES string of the molecule is CC(=O)Nc1cccc(NC(=O)c2csc(NC(=O)Nc3ccc(F)cc3)n2)c1. The van der Waals surface area contributed by atoms with Gasteiger partial charge in [-0.15, -0.1) is 11.3 Å². The van der Waals surface area contributed by atoms with Crippen LogP contribution in [0.25, 0.3) is 0 Å². The predicted octanol–water partition coefficient (Wildman–Crippen LogP) is 4.14. The number of carbonyl (C=O) groups excluding carboxylic acids is 3. The molecule has 0 aliphatic heterocycles. The molecule has 1 aromatic heterocycles. The minimum absolute atomic E-state index is 0.122. The summed E-state index contributed by atoms with van der Waals surface area (Å²) in [6.07, 6.45) is 0. The molecule has 1 heterocycles. The number of benzene rings is 2. The third-order valence-corrected chi connectivity index (χ3v) is 4.26. The Hall–Kier alpha value is -3.79. The van der Waals surface area contributed by atoms with E-state index in [-0.39, 0.29) is 16.7 Å². The molecule has 0 aliphatic rings. The summed E-state index contributed by atoms with van der Waals surface area (Å²) >= 11 is 1.08. The van der Waals surface area contributed by atoms with E-state index in [1.54, 1.807) is 24.3 Å². The van der Waals surface area contributed by atoms with E-state index >= 15 is 0 Å². The number of hydrogen-bond acceptors (Lipinski definition) is 5. The van der Waals surface area contributed by atoms with Crippen molar-refractivity contribution in [1.29, 1.82) is 0 Å². The lowest BCUT2D eigenvalue weighted by atomic mass is 10.2. The molecule has 3 aromatic rings. The fourth-order valence-corrected chi connectivity index (χ4v) is 2.99. The molecule has 0 saturated carbocycles. The van der Waals surface area contributed by atoms with E-state index in [9.17, 15) is 18.8 Å². The molecule has 8 nitrogen and oxygen atoms in total. The first-order valence-electron chi connectivity index (χ1n) is 8.37. The maximum absolute atomic E-state index is 12.9. The molecule has 0 radical (unpaired) electrons. The van der Waals surface area contributed by atoms with Gasteiger partial charge in [0.05, 0.1) is 0 Å². The van der Waals surface area contributed by atoms with Crippen molar-refractivity contribution in [3.8, 4) is 0 Å². The Morgan fingerprint density at radius 1 is 0.897 bits per heavy atom. The Bertz CT molecular complexity index is 1050. The summed E-state index contributed by atoms with van der Waals surface area (Å²) < 4.78 is 12.9. The summed E-state index contributed by atoms with van der Waals surface area (Å²) in [6, 6.07) is 11.4. The first kappa shape index (κ1) is 20.0. The van der Waals surface area contributed by atoms with Crippen molar-refractivity contribution in [2.45, 2.75) is 6.92 Å². The van der Waals surface area contributed by atoms with Gasteiger partial charge in [0.15, 0.2) is 5.13 Å². The fraction of sp³-hybridized carbons (Fsp3) is 0.0526. The van der Waals surface area contributed by atoms with Gasteiger partial charge in [-0.1, -0.05) is 6.07 Å². The zero-order valence-corrected chi connectivity index (χ0v) is 16.0. The molecule has 4 amide bonds. The average Bonchev–Trinajstić information content (AvgIpc) is 3.12. The van der Waals surface area contributed by atoms with Crippen LogP contribution in [0.1, 0.15) is 17.4 Å². The number of nitrogens with one attached hydrogen (secondary N) is 4. The number of urea groups is 1. The Morgan fingerprint density at radius 3 is 2.28 bits per heavy atom. The Balaban J connectivity index is 1.59. The van der Waals surface area contributed by atoms with Gasteiger partial charge in [0.25, 0.3) is 5.91 Å². The number of aromatic nitrogens is 1. The van der Waals surface area contributed by atoms with Crippen molar-refractivity contribution in [2.75, 3.05) is 21.3 Å². The van der Waals surface area contributed by atoms with Gasteiger partial charge in [-0.3, -0.25) is 14.9 Å². The normalized spacial score (nSPS) is 10.1. The number of rotatable bonds is 5. The van der Waals surface area contributed by atoms with Gasteiger partial charge < -0.3 is 16.0 Å². The molecule has 4 N–H and O–H groups in total. The highest BCUT2D eigenvalue weighted by atomic mass is 32.1. The number of carbonyl (C=O) groups is 3. The number of thiazole rings is 1. The van der Waals surface area contributed by atoms with Gasteiger partial charge in [-0.2, -0.15) is 0 Å². The van der Waals surface area contributed by atoms with Crippen LogP contribution in [0.15, 0.2) is 53.9 Å². The molecule has 0 saturated heterocycles. The van der Waals surface area contributed by atoms with Crippen LogP contribution < -0.4 is 21.3 Å². The standard InChI is InChI=1S/C19H16FN5O3S/c1-11(26)21-14-3-2-4-15(9-14)22-17(27)16-10-29-19(24-16)25-18(28)23-13-7-5-12(20)6-8-13/h2-10H,1H3,(H,21,26)(H,22,27)(H2,23,24,25,28). The number of halogens is 1. The Kier molecular flexibility index (Phi) is 6.15. The van der Waals surface area contributed by atoms with Gasteiger partial charge in [0.1, 0.15) is 11.5 Å². The lowest BCUT2D eigenvalue weighted by Gasteiger charge is -2.07. The lowest BCUT2D eigenvalue weighted by molar-refractivity contribution is -0.114. The highest BCUT2D eigenvalue weighted by Gasteiger charge is 2.13. The second kappa shape index (κ2) is 8.93. The van der Waals surface area contributed by atoms with E-state index in [0.717, 1.165) is 11.3 Å². The van der Waals surface area contributed by atoms with E-state index in [2.05, 4.69) is 26.3 Å². The smallest absolute Gasteiger partial charge is 0.325 e. The van der Waals surface area contributed by atoms with Crippen molar-refractivity contribution >= 4 is 51.4 Å². The minimum Gasteiger partial charge on any atom is -0.326 e. The van der Waals surface area contributed by atoms with E-state index in [1.807, 2.05) is 0 Å². The van der Waals surface area contributed by atoms with Crippen LogP contribution in [0.4, 0.5) is 31.4 Å². The molecule has 0 bridgehead atoms. The number of anilines is 4. The van der Waals surface area contributed by atoms with Crippen molar-refractivity contribution in [1.82, 2.24) is 4.98 Å². The van der Waals surface area contributed by atoms with Crippen molar-refractivity contribution < 1.29 is 18.8 Å². The third kappa shape index (κ3) is 5.84. The van der Waals surface area contributed by atoms with E-state index in [1.165, 1.54) is 36.6 Å². The number of nitrogens with zero attached hydrogens (tertiary/aromatic N) is 1. The molecule has 0 unspecified atom stereocenters. The lowest BCUT2D eigenvalue weighted by Crippen LogP contribution is -2.19. The summed E-state index contributed by atoms with van der Waals surface area (Å²) in [4.78, 5) is 39.5. The summed E-state index contributed by atoms with van der Waals surface area (Å²) in [5.41, 5.74) is 1.57. The molecule has 3 rings (SSSR count). The maximum atomic E-state index is 12.9. The molecule has 0 aliphatic carbocycles. The van der Waals surface area contributed by atoms with Gasteiger partial charge >= 0.3 is 6.03 Å². The van der Waals surface area contributed by atoms with Crippen LogP contribution >= 0.6 is 11.3 Å². The van der Waals surface area contributed by atoms with E-state index < -0.39 is 17.8 Å². The highest BCUT2D eigenvalue weighted by molar-refractivity contribution is 7.14. The maximum Gasteiger partial charge on any atom is 0.325 e. The van der Waals surface area contributed by atoms with E-state index in [4.69, 9.17) is 0 Å². The molecule has 0 atom stereocenters. The monoisotopic (exact) mass is 413 g/mol. The minimum atomic E-state index is -0.569. The number of amides is 4. The van der Waals surface area contributed by atoms with Crippen molar-refractivity contribution in [3.63, 3.8) is 0 Å². The van der Waals surface area contributed by atoms with Crippen LogP contribution in [0.2, 0.25) is 0 Å². The second-order valence-electron chi connectivity index (χ2n) is 5.84. The van der Waals surface area contributed by atoms with Crippen molar-refractivity contribution in [3.05, 3.63) is 65.4 Å². The first-order valence-corrected chi connectivity index (χ1v) is 9.25. The molecule has 2 aromatic carbocycles. The van der Waals surface area contributed by atoms with Crippen LogP contribution in [0, 0.1) is 5.82 Å². The third-order valence-electron chi connectivity index (χ3n) is 3.50. The average molecular weight is 413 g/mol. The van der Waals surface area contributed by atoms with Crippen molar-refractivity contribution in [2.24, 2.45) is 0 Å². The summed E-state index contributed by atoms with van der Waals surface area (Å²) in [7, 11) is 0. The van der Waals surface area contributed by atoms with Crippen LogP contribution in [0.3, 0.4) is 0 Å².